The molecule has 2 heterocycles. The fraction of sp³-hybridized carbons (Fsp3) is 0.673. The van der Waals surface area contributed by atoms with Crippen molar-refractivity contribution in [2.45, 2.75) is 172 Å². The number of carbonyl (C=O) groups is 2. The van der Waals surface area contributed by atoms with Gasteiger partial charge >= 0.3 is 250 Å². The van der Waals surface area contributed by atoms with Gasteiger partial charge < -0.3 is 14.2 Å². The maximum absolute atomic E-state index is 13.5. The Balaban J connectivity index is 1.30. The molecule has 6 rings (SSSR count). The average molecular weight is 909 g/mol. The van der Waals surface area contributed by atoms with Crippen LogP contribution in [0.4, 0.5) is 4.79 Å². The molecule has 2 saturated heterocycles. The van der Waals surface area contributed by atoms with Crippen molar-refractivity contribution in [2.75, 3.05) is 19.8 Å². The second-order valence-corrected chi connectivity index (χ2v) is 17.8. The number of hydrogen-bond acceptors (Lipinski definition) is 14. The van der Waals surface area contributed by atoms with Crippen LogP contribution in [0.15, 0.2) is 73.3 Å². The third-order valence-electron chi connectivity index (χ3n) is 13.2. The third-order valence-corrected chi connectivity index (χ3v) is 13.2. The van der Waals surface area contributed by atoms with E-state index in [1.54, 1.807) is 0 Å². The van der Waals surface area contributed by atoms with E-state index in [4.69, 9.17) is 54.0 Å². The minimum absolute atomic E-state index is 0.0191. The molecule has 2 saturated carbocycles. The van der Waals surface area contributed by atoms with Crippen molar-refractivity contribution < 1.29 is 63.4 Å². The molecule has 2 aliphatic carbocycles. The predicted molar refractivity (Wildman–Crippen MR) is 240 cm³/mol. The molecule has 358 valence electrons. The van der Waals surface area contributed by atoms with Crippen LogP contribution in [0.5, 0.6) is 0 Å². The van der Waals surface area contributed by atoms with Crippen LogP contribution < -0.4 is 5.32 Å². The number of aliphatic hydroxyl groups is 1. The second kappa shape index (κ2) is 26.1. The zero-order valence-corrected chi connectivity index (χ0v) is 38.2. The molecular weight excluding hydrogens is 835 g/mol. The van der Waals surface area contributed by atoms with Crippen LogP contribution in [-0.4, -0.2) is 118 Å². The zero-order valence-electron chi connectivity index (χ0n) is 39.2. The number of carbonyl (C=O) groups excluding carboxylic acids is 2. The fourth-order valence-corrected chi connectivity index (χ4v) is 9.48. The van der Waals surface area contributed by atoms with E-state index in [0.29, 0.717) is 26.9 Å². The summed E-state index contributed by atoms with van der Waals surface area (Å²) in [6, 6.07) is 18.7. The summed E-state index contributed by atoms with van der Waals surface area (Å²) in [5.74, 6) is -0.728. The predicted octanol–water partition coefficient (Wildman–Crippen LogP) is 7.18. The number of benzene rings is 2. The van der Waals surface area contributed by atoms with Gasteiger partial charge in [-0.25, -0.2) is 0 Å². The minimum atomic E-state index is -1.45. The topological polar surface area (TPSA) is 183 Å². The summed E-state index contributed by atoms with van der Waals surface area (Å²) in [4.78, 5) is 26.9. The Labute approximate surface area is 386 Å². The molecule has 65 heavy (non-hydrogen) atoms. The normalized spacial score (nSPS) is 32.6. The molecule has 4 fully saturated rings. The Morgan fingerprint density at radius 2 is 1.58 bits per heavy atom. The van der Waals surface area contributed by atoms with Crippen LogP contribution in [0, 0.1) is 23.1 Å². The molecule has 2 aromatic carbocycles. The summed E-state index contributed by atoms with van der Waals surface area (Å²) in [7, 11) is 0.558. The SMILES string of the molecule is [3H]CCOC[C@@H]1O[C@@H](O[C@@H]2CCCC(C)[C@H]2O[C@@H]2OC(C)[C@@H](C)[C@H](OCc3ccccc3)C2OCc2ccccc2)C(NC(=O)OCC=C)C(O[C@@H](CC2CCCCC2)C(=O)OB=N)[C@H]1O. The van der Waals surface area contributed by atoms with E-state index in [0.717, 1.165) is 56.1 Å². The summed E-state index contributed by atoms with van der Waals surface area (Å²) < 4.78 is 71.2. The van der Waals surface area contributed by atoms with Gasteiger partial charge in [0.15, 0.2) is 0 Å². The van der Waals surface area contributed by atoms with Gasteiger partial charge in [-0.05, 0) is 18.1 Å². The third kappa shape index (κ3) is 14.5. The standard InChI is InChI=1S/C49H71BN2O13/c1-6-26-57-49(55)52-40-44(61-38(46(54)65-50-51)27-34-19-11-8-12-20-34)41(53)39(30-56-7-2)63-47(40)62-37-25-17-18-31(3)42(37)64-48-45(59-29-36-23-15-10-16-24-36)43(32(4)33(5)60-48)58-28-35-21-13-9-14-22-35/h6,9-10,13-16,21-24,31-34,37-45,47-48,51,53H,1,7-8,11-12,17-20,25-30H2,2-5H3,(H,52,55)/t31?,32-,33?,37-,38+,39+,40?,41+,42-,43+,44?,45?,47-,48+/m1/s1/i2T. The molecule has 5 unspecified atom stereocenters. The van der Waals surface area contributed by atoms with Crippen molar-refractivity contribution in [2.24, 2.45) is 17.8 Å². The number of amides is 1. The van der Waals surface area contributed by atoms with Gasteiger partial charge in [-0.3, -0.25) is 0 Å². The summed E-state index contributed by atoms with van der Waals surface area (Å²) in [6.07, 6.45) is -1.71. The van der Waals surface area contributed by atoms with Crippen LogP contribution in [0.25, 0.3) is 0 Å². The van der Waals surface area contributed by atoms with Crippen LogP contribution in [0.2, 0.25) is 0 Å². The summed E-state index contributed by atoms with van der Waals surface area (Å²) in [5, 5.41) is 22.4. The molecule has 16 heteroatoms. The van der Waals surface area contributed by atoms with E-state index in [2.05, 4.69) is 25.7 Å². The first-order valence-corrected chi connectivity index (χ1v) is 23.5. The first kappa shape index (κ1) is 49.3. The van der Waals surface area contributed by atoms with E-state index < -0.39 is 79.5 Å². The van der Waals surface area contributed by atoms with Gasteiger partial charge in [-0.15, -0.1) is 0 Å². The monoisotopic (exact) mass is 909 g/mol. The summed E-state index contributed by atoms with van der Waals surface area (Å²) >= 11 is 0. The second-order valence-electron chi connectivity index (χ2n) is 17.8. The number of alkyl carbamates (subject to hydrolysis) is 1. The Hall–Kier alpha value is -3.58. The fourth-order valence-electron chi connectivity index (χ4n) is 9.48. The molecule has 3 N–H and O–H groups in total. The van der Waals surface area contributed by atoms with Crippen molar-refractivity contribution in [3.8, 4) is 0 Å². The van der Waals surface area contributed by atoms with Gasteiger partial charge in [0.2, 0.25) is 0 Å². The molecule has 2 aromatic rings. The van der Waals surface area contributed by atoms with Crippen molar-refractivity contribution in [3.05, 3.63) is 84.4 Å². The van der Waals surface area contributed by atoms with Gasteiger partial charge in [-0.2, -0.15) is 0 Å². The molecule has 14 atom stereocenters. The number of hydrogen-bond donors (Lipinski definition) is 3. The van der Waals surface area contributed by atoms with Gasteiger partial charge in [0.25, 0.3) is 0 Å². The van der Waals surface area contributed by atoms with Crippen molar-refractivity contribution in [1.82, 2.24) is 5.32 Å². The Morgan fingerprint density at radius 3 is 2.25 bits per heavy atom. The Morgan fingerprint density at radius 1 is 0.892 bits per heavy atom. The molecular formula is C49H71BN2O13. The number of aliphatic hydroxyl groups excluding tert-OH is 1. The van der Waals surface area contributed by atoms with Gasteiger partial charge in [0, 0.05) is 5.92 Å². The number of nitrogens with one attached hydrogen (secondary N) is 2. The number of ether oxygens (including phenoxy) is 9. The molecule has 15 nitrogen and oxygen atoms in total. The summed E-state index contributed by atoms with van der Waals surface area (Å²) in [5.41, 5.74) is 2.02. The first-order valence-electron chi connectivity index (χ1n) is 24.2. The number of rotatable bonds is 22. The average Bonchev–Trinajstić information content (AvgIpc) is 3.32. The van der Waals surface area contributed by atoms with E-state index in [1.165, 1.54) is 6.08 Å². The zero-order chi connectivity index (χ0) is 46.8. The van der Waals surface area contributed by atoms with Gasteiger partial charge in [-0.1, -0.05) is 67.6 Å². The van der Waals surface area contributed by atoms with E-state index in [9.17, 15) is 14.7 Å². The molecule has 1 amide bonds. The first-order chi connectivity index (χ1) is 32.1. The van der Waals surface area contributed by atoms with Crippen LogP contribution in [0.1, 0.15) is 98.0 Å². The van der Waals surface area contributed by atoms with Gasteiger partial charge in [0.05, 0.1) is 25.4 Å². The van der Waals surface area contributed by atoms with Gasteiger partial charge in [0.1, 0.15) is 6.10 Å². The molecule has 2 aliphatic heterocycles. The molecule has 0 bridgehead atoms. The summed E-state index contributed by atoms with van der Waals surface area (Å²) in [6.45, 7) is 10.4. The van der Waals surface area contributed by atoms with Crippen LogP contribution in [-0.2, 0) is 65.3 Å². The quantitative estimate of drug-likeness (QED) is 0.0615. The van der Waals surface area contributed by atoms with Crippen LogP contribution in [0.3, 0.4) is 0 Å². The maximum atomic E-state index is 13.5. The molecule has 0 aromatic heterocycles. The molecule has 4 aliphatic rings. The van der Waals surface area contributed by atoms with E-state index >= 15 is 0 Å². The Bertz CT molecular complexity index is 1770. The van der Waals surface area contributed by atoms with Crippen molar-refractivity contribution in [3.63, 3.8) is 0 Å². The Kier molecular flexibility index (Phi) is 19.8. The van der Waals surface area contributed by atoms with Crippen molar-refractivity contribution in [1.29, 1.82) is 5.31 Å². The molecule has 0 radical (unpaired) electrons. The van der Waals surface area contributed by atoms with Crippen molar-refractivity contribution >= 4 is 19.3 Å². The molecule has 0 spiro atoms. The van der Waals surface area contributed by atoms with E-state index in [-0.39, 0.29) is 57.0 Å². The van der Waals surface area contributed by atoms with Crippen LogP contribution >= 0.6 is 0 Å². The van der Waals surface area contributed by atoms with E-state index in [1.807, 2.05) is 67.6 Å².